The number of likely N-dealkylation sites (tertiary alicyclic amines) is 1. The fraction of sp³-hybridized carbons (Fsp3) is 0.529. The summed E-state index contributed by atoms with van der Waals surface area (Å²) >= 11 is 1.29. The van der Waals surface area contributed by atoms with Gasteiger partial charge in [0.05, 0.1) is 6.04 Å². The molecule has 3 aliphatic heterocycles. The van der Waals surface area contributed by atoms with Gasteiger partial charge in [-0.25, -0.2) is 0 Å². The lowest BCUT2D eigenvalue weighted by molar-refractivity contribution is -0.132. The number of benzene rings is 1. The molecule has 2 saturated heterocycles. The van der Waals surface area contributed by atoms with Gasteiger partial charge in [0, 0.05) is 18.8 Å². The van der Waals surface area contributed by atoms with Gasteiger partial charge in [-0.3, -0.25) is 9.59 Å². The summed E-state index contributed by atoms with van der Waals surface area (Å²) in [4.78, 5) is 28.0. The third-order valence-corrected chi connectivity index (χ3v) is 5.59. The molecule has 0 unspecified atom stereocenters. The standard InChI is InChI=1S/C17H20N2O4S/c20-16(11-18-6-9-24-17(18)21)19-5-1-2-13(19)12-3-4-14-15(10-12)23-8-7-22-14/h3-4,10,13H,1-2,5-9,11H2/t13-/m0/s1. The smallest absolute Gasteiger partial charge is 0.282 e. The molecule has 0 N–H and O–H groups in total. The molecule has 3 heterocycles. The van der Waals surface area contributed by atoms with Crippen LogP contribution in [0.15, 0.2) is 18.2 Å². The fourth-order valence-corrected chi connectivity index (χ4v) is 4.33. The van der Waals surface area contributed by atoms with Crippen LogP contribution >= 0.6 is 11.8 Å². The Morgan fingerprint density at radius 3 is 2.83 bits per heavy atom. The van der Waals surface area contributed by atoms with Crippen molar-refractivity contribution in [2.75, 3.05) is 38.6 Å². The summed E-state index contributed by atoms with van der Waals surface area (Å²) in [6, 6.07) is 5.98. The quantitative estimate of drug-likeness (QED) is 0.839. The topological polar surface area (TPSA) is 59.1 Å². The minimum Gasteiger partial charge on any atom is -0.486 e. The molecule has 128 valence electrons. The van der Waals surface area contributed by atoms with Gasteiger partial charge in [0.1, 0.15) is 19.8 Å². The molecule has 1 atom stereocenters. The van der Waals surface area contributed by atoms with E-state index in [1.165, 1.54) is 11.8 Å². The summed E-state index contributed by atoms with van der Waals surface area (Å²) in [5.74, 6) is 2.32. The Kier molecular flexibility index (Phi) is 4.26. The second-order valence-corrected chi connectivity index (χ2v) is 7.23. The largest absolute Gasteiger partial charge is 0.486 e. The van der Waals surface area contributed by atoms with Crippen molar-refractivity contribution >= 4 is 22.9 Å². The van der Waals surface area contributed by atoms with Crippen LogP contribution in [0.2, 0.25) is 0 Å². The van der Waals surface area contributed by atoms with Crippen molar-refractivity contribution in [3.8, 4) is 11.5 Å². The average Bonchev–Trinajstić information content (AvgIpc) is 3.24. The van der Waals surface area contributed by atoms with Gasteiger partial charge in [-0.05, 0) is 30.5 Å². The normalized spacial score (nSPS) is 23.0. The van der Waals surface area contributed by atoms with Crippen LogP contribution in [0.5, 0.6) is 11.5 Å². The predicted molar refractivity (Wildman–Crippen MR) is 90.5 cm³/mol. The molecule has 0 bridgehead atoms. The Morgan fingerprint density at radius 1 is 1.21 bits per heavy atom. The van der Waals surface area contributed by atoms with Crippen LogP contribution in [-0.2, 0) is 4.79 Å². The Hall–Kier alpha value is -1.89. The maximum atomic E-state index is 12.7. The van der Waals surface area contributed by atoms with Gasteiger partial charge in [-0.2, -0.15) is 0 Å². The van der Waals surface area contributed by atoms with Crippen LogP contribution in [0.1, 0.15) is 24.4 Å². The summed E-state index contributed by atoms with van der Waals surface area (Å²) in [6.07, 6.45) is 1.92. The number of rotatable bonds is 3. The molecule has 0 aromatic heterocycles. The predicted octanol–water partition coefficient (Wildman–Crippen LogP) is 2.29. The first kappa shape index (κ1) is 15.6. The molecule has 0 radical (unpaired) electrons. The average molecular weight is 348 g/mol. The van der Waals surface area contributed by atoms with Crippen LogP contribution in [0.4, 0.5) is 4.79 Å². The molecule has 1 aromatic rings. The third kappa shape index (κ3) is 2.92. The lowest BCUT2D eigenvalue weighted by Crippen LogP contribution is -2.40. The van der Waals surface area contributed by atoms with Crippen LogP contribution in [-0.4, -0.2) is 59.5 Å². The lowest BCUT2D eigenvalue weighted by atomic mass is 10.0. The highest BCUT2D eigenvalue weighted by atomic mass is 32.2. The second-order valence-electron chi connectivity index (χ2n) is 6.18. The molecule has 7 heteroatoms. The van der Waals surface area contributed by atoms with Crippen LogP contribution in [0, 0.1) is 0 Å². The highest BCUT2D eigenvalue weighted by molar-refractivity contribution is 8.13. The van der Waals surface area contributed by atoms with Gasteiger partial charge in [-0.15, -0.1) is 0 Å². The van der Waals surface area contributed by atoms with E-state index in [1.807, 2.05) is 23.1 Å². The zero-order chi connectivity index (χ0) is 16.5. The van der Waals surface area contributed by atoms with Crippen molar-refractivity contribution in [3.05, 3.63) is 23.8 Å². The molecule has 4 rings (SSSR count). The Balaban J connectivity index is 1.50. The molecular weight excluding hydrogens is 328 g/mol. The van der Waals surface area contributed by atoms with Gasteiger partial charge >= 0.3 is 0 Å². The summed E-state index contributed by atoms with van der Waals surface area (Å²) in [6.45, 7) is 2.72. The molecule has 0 saturated carbocycles. The second kappa shape index (κ2) is 6.55. The van der Waals surface area contributed by atoms with E-state index in [9.17, 15) is 9.59 Å². The first-order valence-electron chi connectivity index (χ1n) is 8.33. The third-order valence-electron chi connectivity index (χ3n) is 4.70. The maximum absolute atomic E-state index is 12.7. The molecule has 0 aliphatic carbocycles. The monoisotopic (exact) mass is 348 g/mol. The van der Waals surface area contributed by atoms with Gasteiger partial charge in [0.2, 0.25) is 5.91 Å². The summed E-state index contributed by atoms with van der Waals surface area (Å²) in [5, 5.41) is 0.0124. The zero-order valence-electron chi connectivity index (χ0n) is 13.4. The zero-order valence-corrected chi connectivity index (χ0v) is 14.2. The minimum absolute atomic E-state index is 0.0124. The van der Waals surface area contributed by atoms with Crippen LogP contribution in [0.3, 0.4) is 0 Å². The first-order valence-corrected chi connectivity index (χ1v) is 9.31. The number of hydrogen-bond donors (Lipinski definition) is 0. The molecular formula is C17H20N2O4S. The van der Waals surface area contributed by atoms with E-state index in [1.54, 1.807) is 4.90 Å². The SMILES string of the molecule is O=C1SCCN1CC(=O)N1CCC[C@H]1c1ccc2c(c1)OCCO2. The molecule has 0 spiro atoms. The van der Waals surface area contributed by atoms with E-state index in [2.05, 4.69) is 0 Å². The van der Waals surface area contributed by atoms with E-state index in [-0.39, 0.29) is 23.7 Å². The molecule has 6 nitrogen and oxygen atoms in total. The van der Waals surface area contributed by atoms with Crippen LogP contribution < -0.4 is 9.47 Å². The molecule has 1 aromatic carbocycles. The molecule has 2 fully saturated rings. The molecule has 24 heavy (non-hydrogen) atoms. The number of hydrogen-bond acceptors (Lipinski definition) is 5. The molecule has 3 aliphatic rings. The number of amides is 2. The highest BCUT2D eigenvalue weighted by Gasteiger charge is 2.33. The van der Waals surface area contributed by atoms with Crippen molar-refractivity contribution < 1.29 is 19.1 Å². The lowest BCUT2D eigenvalue weighted by Gasteiger charge is -2.28. The Morgan fingerprint density at radius 2 is 2.04 bits per heavy atom. The van der Waals surface area contributed by atoms with E-state index in [4.69, 9.17) is 9.47 Å². The Bertz CT molecular complexity index is 666. The van der Waals surface area contributed by atoms with E-state index in [0.29, 0.717) is 19.8 Å². The summed E-state index contributed by atoms with van der Waals surface area (Å²) in [5.41, 5.74) is 1.08. The fourth-order valence-electron chi connectivity index (χ4n) is 3.50. The first-order chi connectivity index (χ1) is 11.7. The minimum atomic E-state index is 0.0124. The van der Waals surface area contributed by atoms with Crippen molar-refractivity contribution in [3.63, 3.8) is 0 Å². The number of fused-ring (bicyclic) bond motifs is 1. The van der Waals surface area contributed by atoms with Gasteiger partial charge < -0.3 is 19.3 Å². The van der Waals surface area contributed by atoms with Gasteiger partial charge in [-0.1, -0.05) is 17.8 Å². The van der Waals surface area contributed by atoms with Crippen molar-refractivity contribution in [1.82, 2.24) is 9.80 Å². The van der Waals surface area contributed by atoms with E-state index in [0.717, 1.165) is 42.2 Å². The van der Waals surface area contributed by atoms with Crippen molar-refractivity contribution in [1.29, 1.82) is 0 Å². The number of nitrogens with zero attached hydrogens (tertiary/aromatic N) is 2. The van der Waals surface area contributed by atoms with E-state index >= 15 is 0 Å². The van der Waals surface area contributed by atoms with E-state index < -0.39 is 0 Å². The highest BCUT2D eigenvalue weighted by Crippen LogP contribution is 2.38. The number of thioether (sulfide) groups is 1. The maximum Gasteiger partial charge on any atom is 0.282 e. The number of ether oxygens (including phenoxy) is 2. The Labute approximate surface area is 145 Å². The van der Waals surface area contributed by atoms with Crippen molar-refractivity contribution in [2.45, 2.75) is 18.9 Å². The van der Waals surface area contributed by atoms with Crippen molar-refractivity contribution in [2.24, 2.45) is 0 Å². The number of carbonyl (C=O) groups excluding carboxylic acids is 2. The van der Waals surface area contributed by atoms with Gasteiger partial charge in [0.25, 0.3) is 5.24 Å². The van der Waals surface area contributed by atoms with Gasteiger partial charge in [0.15, 0.2) is 11.5 Å². The summed E-state index contributed by atoms with van der Waals surface area (Å²) < 4.78 is 11.2. The number of carbonyl (C=O) groups is 2. The summed E-state index contributed by atoms with van der Waals surface area (Å²) in [7, 11) is 0. The van der Waals surface area contributed by atoms with Crippen LogP contribution in [0.25, 0.3) is 0 Å². The molecule has 2 amide bonds.